The molecule has 0 spiro atoms. The highest BCUT2D eigenvalue weighted by Crippen LogP contribution is 2.29. The van der Waals surface area contributed by atoms with Gasteiger partial charge in [-0.3, -0.25) is 0 Å². The third-order valence-corrected chi connectivity index (χ3v) is 7.17. The molecule has 6 nitrogen and oxygen atoms in total. The van der Waals surface area contributed by atoms with Crippen LogP contribution in [0.5, 0.6) is 11.5 Å². The molecule has 0 radical (unpaired) electrons. The number of halogens is 2. The highest BCUT2D eigenvalue weighted by Gasteiger charge is 2.12. The Hall–Kier alpha value is -2.81. The molecule has 9 heteroatoms. The lowest BCUT2D eigenvalue weighted by Crippen LogP contribution is -2.01. The van der Waals surface area contributed by atoms with Crippen molar-refractivity contribution in [1.82, 2.24) is 14.9 Å². The zero-order valence-electron chi connectivity index (χ0n) is 20.0. The summed E-state index contributed by atoms with van der Waals surface area (Å²) in [6, 6.07) is 21.6. The lowest BCUT2D eigenvalue weighted by atomic mass is 10.2. The molecule has 0 saturated carbocycles. The predicted octanol–water partition coefficient (Wildman–Crippen LogP) is 7.41. The fraction of sp³-hybridized carbons (Fsp3) is 0.222. The number of methoxy groups -OCH3 is 1. The summed E-state index contributed by atoms with van der Waals surface area (Å²) in [5.74, 6) is 2.86. The van der Waals surface area contributed by atoms with E-state index in [0.29, 0.717) is 23.1 Å². The third kappa shape index (κ3) is 6.90. The van der Waals surface area contributed by atoms with E-state index in [0.717, 1.165) is 45.2 Å². The summed E-state index contributed by atoms with van der Waals surface area (Å²) in [6.45, 7) is 2.47. The Labute approximate surface area is 228 Å². The number of thioether (sulfide) groups is 1. The van der Waals surface area contributed by atoms with E-state index in [-0.39, 0.29) is 0 Å². The van der Waals surface area contributed by atoms with Crippen LogP contribution < -0.4 is 9.47 Å². The summed E-state index contributed by atoms with van der Waals surface area (Å²) in [6.07, 6.45) is 3.53. The van der Waals surface area contributed by atoms with E-state index in [9.17, 15) is 0 Å². The van der Waals surface area contributed by atoms with Crippen molar-refractivity contribution in [3.05, 3.63) is 98.7 Å². The molecule has 36 heavy (non-hydrogen) atoms. The van der Waals surface area contributed by atoms with E-state index in [1.54, 1.807) is 25.1 Å². The molecule has 0 amide bonds. The molecule has 0 aliphatic carbocycles. The zero-order chi connectivity index (χ0) is 25.3. The fourth-order valence-electron chi connectivity index (χ4n) is 3.39. The van der Waals surface area contributed by atoms with Gasteiger partial charge in [0.05, 0.1) is 13.3 Å². The maximum absolute atomic E-state index is 6.25. The molecule has 0 aliphatic rings. The first kappa shape index (κ1) is 26.3. The molecule has 0 N–H and O–H groups in total. The van der Waals surface area contributed by atoms with E-state index >= 15 is 0 Å². The van der Waals surface area contributed by atoms with Crippen molar-refractivity contribution in [1.29, 1.82) is 0 Å². The topological polar surface area (TPSA) is 61.5 Å². The first-order valence-electron chi connectivity index (χ1n) is 11.5. The second-order valence-electron chi connectivity index (χ2n) is 7.91. The summed E-state index contributed by atoms with van der Waals surface area (Å²) in [5.41, 5.74) is 2.99. The van der Waals surface area contributed by atoms with Crippen LogP contribution in [0.2, 0.25) is 5.02 Å². The summed E-state index contributed by atoms with van der Waals surface area (Å²) < 4.78 is 14.4. The molecule has 0 bridgehead atoms. The summed E-state index contributed by atoms with van der Waals surface area (Å²) >= 11 is 11.3. The molecule has 4 rings (SSSR count). The van der Waals surface area contributed by atoms with Crippen molar-refractivity contribution < 1.29 is 9.47 Å². The molecule has 0 atom stereocenters. The van der Waals surface area contributed by atoms with E-state index < -0.39 is 0 Å². The van der Waals surface area contributed by atoms with Gasteiger partial charge in [-0.25, -0.2) is 0 Å². The van der Waals surface area contributed by atoms with Crippen LogP contribution >= 0.6 is 39.3 Å². The van der Waals surface area contributed by atoms with Gasteiger partial charge in [0.25, 0.3) is 0 Å². The summed E-state index contributed by atoms with van der Waals surface area (Å²) in [7, 11) is 1.62. The van der Waals surface area contributed by atoms with Crippen molar-refractivity contribution >= 4 is 45.5 Å². The highest BCUT2D eigenvalue weighted by atomic mass is 79.9. The summed E-state index contributed by atoms with van der Waals surface area (Å²) in [5, 5.41) is 14.9. The van der Waals surface area contributed by atoms with Crippen LogP contribution in [0.4, 0.5) is 0 Å². The zero-order valence-corrected chi connectivity index (χ0v) is 23.2. The molecular formula is C27H26BrClN4O2S. The van der Waals surface area contributed by atoms with Gasteiger partial charge >= 0.3 is 0 Å². The van der Waals surface area contributed by atoms with Gasteiger partial charge in [-0.05, 0) is 53.9 Å². The van der Waals surface area contributed by atoms with Gasteiger partial charge in [0.15, 0.2) is 17.3 Å². The number of nitrogens with zero attached hydrogens (tertiary/aromatic N) is 4. The predicted molar refractivity (Wildman–Crippen MR) is 149 cm³/mol. The average molecular weight is 586 g/mol. The number of aryl methyl sites for hydroxylation is 1. The van der Waals surface area contributed by atoms with Gasteiger partial charge in [-0.2, -0.15) is 9.78 Å². The molecule has 0 saturated heterocycles. The van der Waals surface area contributed by atoms with E-state index in [4.69, 9.17) is 26.2 Å². The minimum atomic E-state index is 0.351. The minimum absolute atomic E-state index is 0.351. The summed E-state index contributed by atoms with van der Waals surface area (Å²) in [4.78, 5) is 0. The molecule has 1 aromatic heterocycles. The van der Waals surface area contributed by atoms with Crippen LogP contribution in [-0.2, 0) is 18.8 Å². The van der Waals surface area contributed by atoms with Crippen LogP contribution in [0, 0.1) is 0 Å². The lowest BCUT2D eigenvalue weighted by Gasteiger charge is -2.12. The van der Waals surface area contributed by atoms with Crippen molar-refractivity contribution in [2.24, 2.45) is 5.10 Å². The Balaban J connectivity index is 1.50. The Morgan fingerprint density at radius 1 is 1.06 bits per heavy atom. The Morgan fingerprint density at radius 3 is 2.61 bits per heavy atom. The number of benzene rings is 3. The van der Waals surface area contributed by atoms with E-state index in [1.807, 2.05) is 59.3 Å². The maximum Gasteiger partial charge on any atom is 0.212 e. The fourth-order valence-corrected chi connectivity index (χ4v) is 4.70. The van der Waals surface area contributed by atoms with E-state index in [2.05, 4.69) is 45.2 Å². The Kier molecular flexibility index (Phi) is 9.44. The van der Waals surface area contributed by atoms with Crippen LogP contribution in [0.15, 0.2) is 81.5 Å². The number of hydrogen-bond donors (Lipinski definition) is 0. The number of hydrogen-bond acceptors (Lipinski definition) is 6. The third-order valence-electron chi connectivity index (χ3n) is 5.28. The lowest BCUT2D eigenvalue weighted by molar-refractivity contribution is 0.284. The molecular weight excluding hydrogens is 560 g/mol. The van der Waals surface area contributed by atoms with Gasteiger partial charge in [0.2, 0.25) is 5.16 Å². The first-order valence-corrected chi connectivity index (χ1v) is 13.6. The monoisotopic (exact) mass is 584 g/mol. The first-order chi connectivity index (χ1) is 17.6. The van der Waals surface area contributed by atoms with Crippen molar-refractivity contribution in [2.45, 2.75) is 37.3 Å². The Bertz CT molecular complexity index is 1330. The molecule has 186 valence electrons. The smallest absolute Gasteiger partial charge is 0.212 e. The molecule has 4 aromatic rings. The highest BCUT2D eigenvalue weighted by molar-refractivity contribution is 9.10. The number of ether oxygens (including phenoxy) is 2. The Morgan fingerprint density at radius 2 is 1.86 bits per heavy atom. The normalized spacial score (nSPS) is 11.2. The number of rotatable bonds is 11. The van der Waals surface area contributed by atoms with Crippen LogP contribution in [0.25, 0.3) is 0 Å². The van der Waals surface area contributed by atoms with Crippen molar-refractivity contribution in [3.8, 4) is 11.5 Å². The molecule has 1 heterocycles. The second kappa shape index (κ2) is 12.9. The molecule has 3 aromatic carbocycles. The van der Waals surface area contributed by atoms with Crippen LogP contribution in [-0.4, -0.2) is 28.2 Å². The number of aromatic nitrogens is 3. The quantitative estimate of drug-likeness (QED) is 0.135. The van der Waals surface area contributed by atoms with Crippen molar-refractivity contribution in [3.63, 3.8) is 0 Å². The molecule has 0 unspecified atom stereocenters. The van der Waals surface area contributed by atoms with Gasteiger partial charge in [0, 0.05) is 27.2 Å². The molecule has 0 fully saturated rings. The maximum atomic E-state index is 6.25. The standard InChI is InChI=1S/C27H26BrClN4O2S/c1-3-6-26-31-32-27(36-18-19-9-12-22(28)13-10-19)33(26)30-16-20-11-14-24(25(15-20)34-2)35-17-21-7-4-5-8-23(21)29/h4-5,7-16H,3,6,17-18H2,1-2H3/b30-16+. The van der Waals surface area contributed by atoms with Crippen LogP contribution in [0.1, 0.15) is 35.9 Å². The molecule has 0 aliphatic heterocycles. The average Bonchev–Trinajstić information content (AvgIpc) is 3.28. The largest absolute Gasteiger partial charge is 0.493 e. The van der Waals surface area contributed by atoms with Gasteiger partial charge in [0.1, 0.15) is 6.61 Å². The van der Waals surface area contributed by atoms with Crippen LogP contribution in [0.3, 0.4) is 0 Å². The van der Waals surface area contributed by atoms with Gasteiger partial charge in [-0.1, -0.05) is 76.5 Å². The second-order valence-corrected chi connectivity index (χ2v) is 10.2. The SMILES string of the molecule is CCCc1nnc(SCc2ccc(Br)cc2)n1/N=C/c1ccc(OCc2ccccc2Cl)c(OC)c1. The van der Waals surface area contributed by atoms with Gasteiger partial charge < -0.3 is 9.47 Å². The van der Waals surface area contributed by atoms with E-state index in [1.165, 1.54) is 5.56 Å². The minimum Gasteiger partial charge on any atom is -0.493 e. The van der Waals surface area contributed by atoms with Gasteiger partial charge in [-0.15, -0.1) is 10.2 Å². The van der Waals surface area contributed by atoms with Crippen molar-refractivity contribution in [2.75, 3.05) is 7.11 Å².